The molecule has 1 aromatic carbocycles. The lowest BCUT2D eigenvalue weighted by atomic mass is 10.1. The normalized spacial score (nSPS) is 11.7. The zero-order valence-corrected chi connectivity index (χ0v) is 12.9. The number of benzene rings is 1. The van der Waals surface area contributed by atoms with Gasteiger partial charge in [0.05, 0.1) is 5.54 Å². The summed E-state index contributed by atoms with van der Waals surface area (Å²) in [6, 6.07) is 8.58. The SMILES string of the molecule is CC(C)(NCc1ccc(I)cc1)c1nccs1. The van der Waals surface area contributed by atoms with Crippen LogP contribution in [0.5, 0.6) is 0 Å². The number of nitrogens with one attached hydrogen (secondary N) is 1. The van der Waals surface area contributed by atoms with E-state index in [2.05, 4.69) is 71.0 Å². The number of nitrogens with zero attached hydrogens (tertiary/aromatic N) is 1. The van der Waals surface area contributed by atoms with Crippen LogP contribution in [0.1, 0.15) is 24.4 Å². The number of aromatic nitrogens is 1. The molecular formula is C13H15IN2S. The first kappa shape index (κ1) is 13.0. The third kappa shape index (κ3) is 3.50. The Morgan fingerprint density at radius 2 is 2.00 bits per heavy atom. The summed E-state index contributed by atoms with van der Waals surface area (Å²) in [6.45, 7) is 5.20. The minimum atomic E-state index is -0.0723. The fraction of sp³-hybridized carbons (Fsp3) is 0.308. The minimum absolute atomic E-state index is 0.0723. The van der Waals surface area contributed by atoms with Gasteiger partial charge in [0.25, 0.3) is 0 Å². The smallest absolute Gasteiger partial charge is 0.112 e. The van der Waals surface area contributed by atoms with Gasteiger partial charge in [-0.2, -0.15) is 0 Å². The van der Waals surface area contributed by atoms with Crippen LogP contribution in [0.15, 0.2) is 35.8 Å². The van der Waals surface area contributed by atoms with Crippen molar-refractivity contribution in [3.8, 4) is 0 Å². The Labute approximate surface area is 120 Å². The van der Waals surface area contributed by atoms with E-state index in [-0.39, 0.29) is 5.54 Å². The molecule has 90 valence electrons. The molecular weight excluding hydrogens is 343 g/mol. The number of halogens is 1. The van der Waals surface area contributed by atoms with Gasteiger partial charge in [-0.15, -0.1) is 11.3 Å². The van der Waals surface area contributed by atoms with Crippen molar-refractivity contribution in [3.63, 3.8) is 0 Å². The summed E-state index contributed by atoms with van der Waals surface area (Å²) in [5.41, 5.74) is 1.23. The third-order valence-corrected chi connectivity index (χ3v) is 4.43. The van der Waals surface area contributed by atoms with E-state index in [1.807, 2.05) is 11.6 Å². The summed E-state index contributed by atoms with van der Waals surface area (Å²) < 4.78 is 1.27. The number of rotatable bonds is 4. The zero-order chi connectivity index (χ0) is 12.3. The van der Waals surface area contributed by atoms with Crippen LogP contribution in [-0.4, -0.2) is 4.98 Å². The molecule has 0 aliphatic heterocycles. The number of hydrogen-bond donors (Lipinski definition) is 1. The van der Waals surface area contributed by atoms with Crippen molar-refractivity contribution in [2.45, 2.75) is 25.9 Å². The Kier molecular flexibility index (Phi) is 4.17. The van der Waals surface area contributed by atoms with E-state index >= 15 is 0 Å². The molecule has 0 saturated heterocycles. The first-order valence-electron chi connectivity index (χ1n) is 5.47. The minimum Gasteiger partial charge on any atom is -0.302 e. The molecule has 1 N–H and O–H groups in total. The highest BCUT2D eigenvalue weighted by Crippen LogP contribution is 2.22. The van der Waals surface area contributed by atoms with E-state index in [1.54, 1.807) is 11.3 Å². The lowest BCUT2D eigenvalue weighted by molar-refractivity contribution is 0.399. The molecule has 0 spiro atoms. The lowest BCUT2D eigenvalue weighted by Crippen LogP contribution is -2.35. The van der Waals surface area contributed by atoms with Gasteiger partial charge in [0, 0.05) is 21.7 Å². The number of hydrogen-bond acceptors (Lipinski definition) is 3. The average Bonchev–Trinajstić information content (AvgIpc) is 2.82. The van der Waals surface area contributed by atoms with E-state index in [9.17, 15) is 0 Å². The monoisotopic (exact) mass is 358 g/mol. The van der Waals surface area contributed by atoms with Crippen LogP contribution in [0.4, 0.5) is 0 Å². The lowest BCUT2D eigenvalue weighted by Gasteiger charge is -2.24. The molecule has 17 heavy (non-hydrogen) atoms. The van der Waals surface area contributed by atoms with Gasteiger partial charge in [-0.3, -0.25) is 0 Å². The molecule has 0 atom stereocenters. The van der Waals surface area contributed by atoms with Gasteiger partial charge in [-0.1, -0.05) is 12.1 Å². The predicted molar refractivity (Wildman–Crippen MR) is 81.1 cm³/mol. The van der Waals surface area contributed by atoms with Crippen LogP contribution in [0.25, 0.3) is 0 Å². The summed E-state index contributed by atoms with van der Waals surface area (Å²) in [6.07, 6.45) is 1.86. The molecule has 0 aliphatic rings. The highest BCUT2D eigenvalue weighted by atomic mass is 127. The van der Waals surface area contributed by atoms with Crippen LogP contribution in [0, 0.1) is 3.57 Å². The quantitative estimate of drug-likeness (QED) is 0.842. The summed E-state index contributed by atoms with van der Waals surface area (Å²) in [5, 5.41) is 6.69. The first-order valence-corrected chi connectivity index (χ1v) is 7.43. The van der Waals surface area contributed by atoms with Gasteiger partial charge in [0.15, 0.2) is 0 Å². The summed E-state index contributed by atoms with van der Waals surface area (Å²) in [4.78, 5) is 4.37. The van der Waals surface area contributed by atoms with Gasteiger partial charge in [-0.05, 0) is 54.1 Å². The van der Waals surface area contributed by atoms with Crippen molar-refractivity contribution in [3.05, 3.63) is 50.0 Å². The Morgan fingerprint density at radius 3 is 2.59 bits per heavy atom. The van der Waals surface area contributed by atoms with E-state index in [4.69, 9.17) is 0 Å². The predicted octanol–water partition coefficient (Wildman–Crippen LogP) is 3.77. The summed E-state index contributed by atoms with van der Waals surface area (Å²) in [7, 11) is 0. The molecule has 0 aliphatic carbocycles. The van der Waals surface area contributed by atoms with Crippen molar-refractivity contribution in [2.24, 2.45) is 0 Å². The summed E-state index contributed by atoms with van der Waals surface area (Å²) in [5.74, 6) is 0. The van der Waals surface area contributed by atoms with Crippen LogP contribution in [0.2, 0.25) is 0 Å². The van der Waals surface area contributed by atoms with E-state index in [1.165, 1.54) is 9.13 Å². The maximum Gasteiger partial charge on any atom is 0.112 e. The van der Waals surface area contributed by atoms with E-state index in [0.717, 1.165) is 11.6 Å². The molecule has 1 aromatic heterocycles. The summed E-state index contributed by atoms with van der Waals surface area (Å²) >= 11 is 4.01. The van der Waals surface area contributed by atoms with Crippen molar-refractivity contribution in [1.29, 1.82) is 0 Å². The molecule has 0 radical (unpaired) electrons. The molecule has 2 aromatic rings. The number of thiazole rings is 1. The zero-order valence-electron chi connectivity index (χ0n) is 9.90. The highest BCUT2D eigenvalue weighted by molar-refractivity contribution is 14.1. The van der Waals surface area contributed by atoms with Gasteiger partial charge in [0.2, 0.25) is 0 Å². The maximum absolute atomic E-state index is 4.37. The first-order chi connectivity index (χ1) is 8.08. The second kappa shape index (κ2) is 5.46. The van der Waals surface area contributed by atoms with E-state index in [0.29, 0.717) is 0 Å². The Bertz CT molecular complexity index is 463. The van der Waals surface area contributed by atoms with Crippen LogP contribution in [-0.2, 0) is 12.1 Å². The average molecular weight is 358 g/mol. The van der Waals surface area contributed by atoms with Crippen molar-refractivity contribution in [1.82, 2.24) is 10.3 Å². The van der Waals surface area contributed by atoms with Crippen LogP contribution in [0.3, 0.4) is 0 Å². The van der Waals surface area contributed by atoms with Crippen molar-refractivity contribution >= 4 is 33.9 Å². The fourth-order valence-corrected chi connectivity index (χ4v) is 2.63. The van der Waals surface area contributed by atoms with Gasteiger partial charge >= 0.3 is 0 Å². The maximum atomic E-state index is 4.37. The topological polar surface area (TPSA) is 24.9 Å². The largest absolute Gasteiger partial charge is 0.302 e. The molecule has 0 fully saturated rings. The van der Waals surface area contributed by atoms with Gasteiger partial charge in [-0.25, -0.2) is 4.98 Å². The molecule has 0 bridgehead atoms. The van der Waals surface area contributed by atoms with Crippen molar-refractivity contribution in [2.75, 3.05) is 0 Å². The van der Waals surface area contributed by atoms with Gasteiger partial charge < -0.3 is 5.32 Å². The molecule has 0 amide bonds. The second-order valence-electron chi connectivity index (χ2n) is 4.44. The van der Waals surface area contributed by atoms with Crippen LogP contribution < -0.4 is 5.32 Å². The molecule has 4 heteroatoms. The van der Waals surface area contributed by atoms with E-state index < -0.39 is 0 Å². The van der Waals surface area contributed by atoms with Gasteiger partial charge in [0.1, 0.15) is 5.01 Å². The fourth-order valence-electron chi connectivity index (χ4n) is 1.53. The molecule has 1 heterocycles. The molecule has 0 saturated carbocycles. The second-order valence-corrected chi connectivity index (χ2v) is 6.58. The molecule has 0 unspecified atom stereocenters. The Hall–Kier alpha value is -0.460. The Morgan fingerprint density at radius 1 is 1.29 bits per heavy atom. The standard InChI is InChI=1S/C13H15IN2S/c1-13(2,12-15-7-8-17-12)16-9-10-3-5-11(14)6-4-10/h3-8,16H,9H2,1-2H3. The molecule has 2 nitrogen and oxygen atoms in total. The third-order valence-electron chi connectivity index (χ3n) is 2.61. The van der Waals surface area contributed by atoms with Crippen molar-refractivity contribution < 1.29 is 0 Å². The Balaban J connectivity index is 2.00. The molecule has 2 rings (SSSR count). The van der Waals surface area contributed by atoms with Crippen LogP contribution >= 0.6 is 33.9 Å². The highest BCUT2D eigenvalue weighted by Gasteiger charge is 2.22.